The van der Waals surface area contributed by atoms with Crippen LogP contribution in [0, 0.1) is 11.3 Å². The first-order valence-corrected chi connectivity index (χ1v) is 5.48. The summed E-state index contributed by atoms with van der Waals surface area (Å²) in [5, 5.41) is 11.8. The molecule has 1 amide bonds. The molecule has 0 saturated heterocycles. The van der Waals surface area contributed by atoms with E-state index in [9.17, 15) is 9.59 Å². The predicted octanol–water partition coefficient (Wildman–Crippen LogP) is 1.37. The Kier molecular flexibility index (Phi) is 3.21. The predicted molar refractivity (Wildman–Crippen MR) is 70.1 cm³/mol. The molecule has 0 saturated carbocycles. The van der Waals surface area contributed by atoms with Crippen LogP contribution in [0.3, 0.4) is 0 Å². The highest BCUT2D eigenvalue weighted by atomic mass is 16.5. The number of carbonyl (C=O) groups is 1. The molecular weight excluding hydrogens is 246 g/mol. The smallest absolute Gasteiger partial charge is 0.221 e. The number of nitriles is 1. The van der Waals surface area contributed by atoms with Crippen LogP contribution in [0.25, 0.3) is 10.9 Å². The summed E-state index contributed by atoms with van der Waals surface area (Å²) in [4.78, 5) is 25.9. The van der Waals surface area contributed by atoms with Crippen LogP contribution in [-0.2, 0) is 4.79 Å². The van der Waals surface area contributed by atoms with E-state index in [1.165, 1.54) is 26.3 Å². The summed E-state index contributed by atoms with van der Waals surface area (Å²) in [5.74, 6) is 0.122. The highest BCUT2D eigenvalue weighted by Crippen LogP contribution is 2.28. The lowest BCUT2D eigenvalue weighted by Crippen LogP contribution is -2.10. The molecule has 1 aromatic carbocycles. The van der Waals surface area contributed by atoms with Crippen LogP contribution < -0.4 is 15.5 Å². The zero-order chi connectivity index (χ0) is 14.0. The van der Waals surface area contributed by atoms with Crippen LogP contribution in [0.1, 0.15) is 12.5 Å². The molecule has 1 heterocycles. The van der Waals surface area contributed by atoms with Crippen LogP contribution in [0.15, 0.2) is 23.1 Å². The normalized spacial score (nSPS) is 9.95. The number of hydrogen-bond acceptors (Lipinski definition) is 4. The quantitative estimate of drug-likeness (QED) is 0.849. The van der Waals surface area contributed by atoms with Gasteiger partial charge in [-0.3, -0.25) is 9.59 Å². The molecule has 2 N–H and O–H groups in total. The van der Waals surface area contributed by atoms with Gasteiger partial charge in [0.05, 0.1) is 23.7 Å². The van der Waals surface area contributed by atoms with Crippen molar-refractivity contribution in [2.45, 2.75) is 6.92 Å². The molecule has 0 fully saturated rings. The monoisotopic (exact) mass is 257 g/mol. The molecule has 6 nitrogen and oxygen atoms in total. The molecular formula is C13H11N3O3. The average Bonchev–Trinajstić information content (AvgIpc) is 2.38. The number of carbonyl (C=O) groups excluding carboxylic acids is 1. The second-order valence-electron chi connectivity index (χ2n) is 3.92. The largest absolute Gasteiger partial charge is 0.495 e. The number of aromatic nitrogens is 1. The van der Waals surface area contributed by atoms with Crippen LogP contribution in [-0.4, -0.2) is 18.0 Å². The molecule has 96 valence electrons. The van der Waals surface area contributed by atoms with Crippen molar-refractivity contribution in [3.63, 3.8) is 0 Å². The van der Waals surface area contributed by atoms with Crippen molar-refractivity contribution < 1.29 is 9.53 Å². The first-order chi connectivity index (χ1) is 9.06. The highest BCUT2D eigenvalue weighted by Gasteiger charge is 2.11. The highest BCUT2D eigenvalue weighted by molar-refractivity contribution is 5.95. The second kappa shape index (κ2) is 4.82. The van der Waals surface area contributed by atoms with E-state index in [2.05, 4.69) is 10.3 Å². The number of methoxy groups -OCH3 is 1. The number of nitrogens with zero attached hydrogens (tertiary/aromatic N) is 1. The first-order valence-electron chi connectivity index (χ1n) is 5.48. The summed E-state index contributed by atoms with van der Waals surface area (Å²) in [7, 11) is 1.44. The Bertz CT molecular complexity index is 756. The van der Waals surface area contributed by atoms with Gasteiger partial charge in [0.15, 0.2) is 0 Å². The summed E-state index contributed by atoms with van der Waals surface area (Å²) in [6.45, 7) is 1.38. The van der Waals surface area contributed by atoms with Gasteiger partial charge in [-0.05, 0) is 12.1 Å². The van der Waals surface area contributed by atoms with Crippen molar-refractivity contribution in [3.8, 4) is 11.8 Å². The Labute approximate surface area is 108 Å². The maximum absolute atomic E-state index is 12.0. The minimum absolute atomic E-state index is 0.0295. The van der Waals surface area contributed by atoms with Gasteiger partial charge in [-0.15, -0.1) is 0 Å². The number of anilines is 1. The van der Waals surface area contributed by atoms with Gasteiger partial charge >= 0.3 is 0 Å². The Morgan fingerprint density at radius 3 is 2.79 bits per heavy atom. The van der Waals surface area contributed by atoms with Gasteiger partial charge in [0.1, 0.15) is 17.4 Å². The van der Waals surface area contributed by atoms with Crippen molar-refractivity contribution in [3.05, 3.63) is 34.1 Å². The third kappa shape index (κ3) is 2.26. The topological polar surface area (TPSA) is 95.0 Å². The Balaban J connectivity index is 2.74. The molecule has 2 rings (SSSR count). The van der Waals surface area contributed by atoms with Gasteiger partial charge in [0.25, 0.3) is 0 Å². The number of hydrogen-bond donors (Lipinski definition) is 2. The fraction of sp³-hybridized carbons (Fsp3) is 0.154. The average molecular weight is 257 g/mol. The molecule has 0 spiro atoms. The number of benzene rings is 1. The Hall–Kier alpha value is -2.81. The van der Waals surface area contributed by atoms with Crippen LogP contribution >= 0.6 is 0 Å². The number of fused-ring (bicyclic) bond motifs is 1. The summed E-state index contributed by atoms with van der Waals surface area (Å²) >= 11 is 0. The van der Waals surface area contributed by atoms with Crippen LogP contribution in [0.4, 0.5) is 5.69 Å². The van der Waals surface area contributed by atoms with E-state index in [0.717, 1.165) is 0 Å². The van der Waals surface area contributed by atoms with E-state index < -0.39 is 0 Å². The lowest BCUT2D eigenvalue weighted by Gasteiger charge is -2.10. The van der Waals surface area contributed by atoms with Gasteiger partial charge in [0, 0.05) is 13.1 Å². The molecule has 2 aromatic rings. The fourth-order valence-corrected chi connectivity index (χ4v) is 1.79. The van der Waals surface area contributed by atoms with E-state index in [0.29, 0.717) is 22.3 Å². The molecule has 0 bridgehead atoms. The summed E-state index contributed by atoms with van der Waals surface area (Å²) in [6, 6.07) is 4.91. The molecule has 0 atom stereocenters. The van der Waals surface area contributed by atoms with E-state index in [4.69, 9.17) is 10.00 Å². The number of H-pyrrole nitrogens is 1. The van der Waals surface area contributed by atoms with Gasteiger partial charge in [-0.25, -0.2) is 0 Å². The summed E-state index contributed by atoms with van der Waals surface area (Å²) in [5.41, 5.74) is 0.641. The molecule has 19 heavy (non-hydrogen) atoms. The van der Waals surface area contributed by atoms with E-state index in [1.807, 2.05) is 6.07 Å². The maximum atomic E-state index is 12.0. The molecule has 0 aliphatic rings. The Morgan fingerprint density at radius 2 is 2.21 bits per heavy atom. The minimum atomic E-state index is -0.371. The zero-order valence-electron chi connectivity index (χ0n) is 10.4. The lowest BCUT2D eigenvalue weighted by molar-refractivity contribution is -0.114. The van der Waals surface area contributed by atoms with Crippen molar-refractivity contribution in [1.82, 2.24) is 4.98 Å². The number of aromatic amines is 1. The van der Waals surface area contributed by atoms with Gasteiger partial charge in [-0.1, -0.05) is 0 Å². The Morgan fingerprint density at radius 1 is 1.47 bits per heavy atom. The number of pyridine rings is 1. The van der Waals surface area contributed by atoms with E-state index >= 15 is 0 Å². The molecule has 0 aliphatic carbocycles. The summed E-state index contributed by atoms with van der Waals surface area (Å²) < 4.78 is 5.13. The van der Waals surface area contributed by atoms with Gasteiger partial charge in [-0.2, -0.15) is 5.26 Å². The molecule has 0 aliphatic heterocycles. The number of rotatable bonds is 2. The van der Waals surface area contributed by atoms with Crippen LogP contribution in [0.5, 0.6) is 5.75 Å². The molecule has 0 radical (unpaired) electrons. The summed E-state index contributed by atoms with van der Waals surface area (Å²) in [6.07, 6.45) is 1.34. The van der Waals surface area contributed by atoms with Crippen molar-refractivity contribution in [2.75, 3.05) is 12.4 Å². The minimum Gasteiger partial charge on any atom is -0.495 e. The van der Waals surface area contributed by atoms with E-state index in [1.54, 1.807) is 6.07 Å². The van der Waals surface area contributed by atoms with Crippen molar-refractivity contribution in [1.29, 1.82) is 5.26 Å². The number of ether oxygens (including phenoxy) is 1. The van der Waals surface area contributed by atoms with Gasteiger partial charge in [0.2, 0.25) is 11.3 Å². The van der Waals surface area contributed by atoms with Crippen LogP contribution in [0.2, 0.25) is 0 Å². The van der Waals surface area contributed by atoms with Crippen molar-refractivity contribution in [2.24, 2.45) is 0 Å². The van der Waals surface area contributed by atoms with E-state index in [-0.39, 0.29) is 16.9 Å². The standard InChI is InChI=1S/C13H11N3O3/c1-7(17)16-11-4-10-9(3-12(11)19-2)13(18)8(5-14)6-15-10/h3-4,6H,1-2H3,(H,15,18)(H,16,17). The fourth-order valence-electron chi connectivity index (χ4n) is 1.79. The first kappa shape index (κ1) is 12.6. The van der Waals surface area contributed by atoms with Gasteiger partial charge < -0.3 is 15.0 Å². The number of amides is 1. The SMILES string of the molecule is COc1cc2c(=O)c(C#N)c[nH]c2cc1NC(C)=O. The molecule has 1 aromatic heterocycles. The third-order valence-electron chi connectivity index (χ3n) is 2.63. The number of nitrogens with one attached hydrogen (secondary N) is 2. The molecule has 0 unspecified atom stereocenters. The second-order valence-corrected chi connectivity index (χ2v) is 3.92. The zero-order valence-corrected chi connectivity index (χ0v) is 10.4. The third-order valence-corrected chi connectivity index (χ3v) is 2.63. The van der Waals surface area contributed by atoms with Crippen molar-refractivity contribution >= 4 is 22.5 Å². The maximum Gasteiger partial charge on any atom is 0.221 e. The lowest BCUT2D eigenvalue weighted by atomic mass is 10.1. The molecule has 6 heteroatoms.